The van der Waals surface area contributed by atoms with Gasteiger partial charge in [-0.05, 0) is 13.8 Å². The summed E-state index contributed by atoms with van der Waals surface area (Å²) in [6.45, 7) is 6.30. The van der Waals surface area contributed by atoms with E-state index in [1.807, 2.05) is 25.8 Å². The fourth-order valence-electron chi connectivity index (χ4n) is 0.958. The van der Waals surface area contributed by atoms with Crippen LogP contribution in [0.25, 0.3) is 0 Å². The summed E-state index contributed by atoms with van der Waals surface area (Å²) in [5.74, 6) is 0. The van der Waals surface area contributed by atoms with Gasteiger partial charge in [-0.15, -0.1) is 0 Å². The highest BCUT2D eigenvalue weighted by Gasteiger charge is 2.13. The standard InChI is InChI=1S/C8H17BrN2O/c1-4-11(5-2)8(12)10(3)7-6-9/h4-7H2,1-3H3. The molecule has 0 atom stereocenters. The highest BCUT2D eigenvalue weighted by molar-refractivity contribution is 9.09. The van der Waals surface area contributed by atoms with Gasteiger partial charge in [0.05, 0.1) is 0 Å². The highest BCUT2D eigenvalue weighted by Crippen LogP contribution is 1.96. The van der Waals surface area contributed by atoms with E-state index in [4.69, 9.17) is 0 Å². The molecule has 0 N–H and O–H groups in total. The molecular formula is C8H17BrN2O. The average Bonchev–Trinajstić information content (AvgIpc) is 2.07. The molecule has 12 heavy (non-hydrogen) atoms. The first kappa shape index (κ1) is 11.8. The summed E-state index contributed by atoms with van der Waals surface area (Å²) in [6, 6.07) is 0.111. The van der Waals surface area contributed by atoms with Gasteiger partial charge in [0.2, 0.25) is 0 Å². The van der Waals surface area contributed by atoms with E-state index in [0.717, 1.165) is 25.0 Å². The summed E-state index contributed by atoms with van der Waals surface area (Å²) in [4.78, 5) is 15.1. The van der Waals surface area contributed by atoms with Crippen molar-refractivity contribution < 1.29 is 4.79 Å². The molecule has 0 aromatic rings. The molecule has 0 heterocycles. The summed E-state index contributed by atoms with van der Waals surface area (Å²) in [6.07, 6.45) is 0. The number of rotatable bonds is 4. The quantitative estimate of drug-likeness (QED) is 0.683. The molecule has 3 nitrogen and oxygen atoms in total. The van der Waals surface area contributed by atoms with Crippen LogP contribution < -0.4 is 0 Å². The molecular weight excluding hydrogens is 220 g/mol. The second kappa shape index (κ2) is 6.29. The molecule has 2 amide bonds. The zero-order chi connectivity index (χ0) is 9.56. The van der Waals surface area contributed by atoms with Crippen molar-refractivity contribution >= 4 is 22.0 Å². The topological polar surface area (TPSA) is 23.6 Å². The van der Waals surface area contributed by atoms with Crippen LogP contribution in [0.3, 0.4) is 0 Å². The van der Waals surface area contributed by atoms with Crippen molar-refractivity contribution in [1.29, 1.82) is 0 Å². The van der Waals surface area contributed by atoms with Crippen LogP contribution in [0.15, 0.2) is 0 Å². The Morgan fingerprint density at radius 2 is 1.83 bits per heavy atom. The lowest BCUT2D eigenvalue weighted by atomic mass is 10.5. The molecule has 0 aromatic heterocycles. The van der Waals surface area contributed by atoms with Gasteiger partial charge in [-0.1, -0.05) is 15.9 Å². The van der Waals surface area contributed by atoms with E-state index in [0.29, 0.717) is 0 Å². The van der Waals surface area contributed by atoms with E-state index in [-0.39, 0.29) is 6.03 Å². The predicted molar refractivity (Wildman–Crippen MR) is 54.7 cm³/mol. The third-order valence-electron chi connectivity index (χ3n) is 1.78. The van der Waals surface area contributed by atoms with Gasteiger partial charge in [-0.3, -0.25) is 0 Å². The van der Waals surface area contributed by atoms with E-state index < -0.39 is 0 Å². The molecule has 0 aliphatic rings. The zero-order valence-corrected chi connectivity index (χ0v) is 9.60. The summed E-state index contributed by atoms with van der Waals surface area (Å²) in [5.41, 5.74) is 0. The van der Waals surface area contributed by atoms with Crippen LogP contribution in [0.5, 0.6) is 0 Å². The molecule has 4 heteroatoms. The lowest BCUT2D eigenvalue weighted by Gasteiger charge is -2.25. The zero-order valence-electron chi connectivity index (χ0n) is 8.01. The van der Waals surface area contributed by atoms with Crippen LogP contribution in [0.1, 0.15) is 13.8 Å². The van der Waals surface area contributed by atoms with Crippen LogP contribution in [-0.4, -0.2) is 47.8 Å². The molecule has 0 aliphatic carbocycles. The molecule has 0 rings (SSSR count). The van der Waals surface area contributed by atoms with Crippen LogP contribution in [-0.2, 0) is 0 Å². The van der Waals surface area contributed by atoms with Crippen molar-refractivity contribution in [3.63, 3.8) is 0 Å². The van der Waals surface area contributed by atoms with Crippen LogP contribution >= 0.6 is 15.9 Å². The Hall–Kier alpha value is -0.250. The Morgan fingerprint density at radius 3 is 2.17 bits per heavy atom. The predicted octanol–water partition coefficient (Wildman–Crippen LogP) is 1.77. The number of alkyl halides is 1. The van der Waals surface area contributed by atoms with Crippen molar-refractivity contribution in [1.82, 2.24) is 9.80 Å². The number of carbonyl (C=O) groups excluding carboxylic acids is 1. The summed E-state index contributed by atoms with van der Waals surface area (Å²) in [7, 11) is 1.82. The number of hydrogen-bond donors (Lipinski definition) is 0. The van der Waals surface area contributed by atoms with E-state index in [1.54, 1.807) is 4.90 Å². The monoisotopic (exact) mass is 236 g/mol. The molecule has 0 fully saturated rings. The number of carbonyl (C=O) groups is 1. The molecule has 0 spiro atoms. The lowest BCUT2D eigenvalue weighted by Crippen LogP contribution is -2.41. The first-order valence-corrected chi connectivity index (χ1v) is 5.35. The van der Waals surface area contributed by atoms with Crippen molar-refractivity contribution in [2.75, 3.05) is 32.0 Å². The largest absolute Gasteiger partial charge is 0.327 e. The first-order valence-electron chi connectivity index (χ1n) is 4.23. The normalized spacial score (nSPS) is 9.67. The Labute approximate surface area is 82.8 Å². The van der Waals surface area contributed by atoms with Gasteiger partial charge in [-0.25, -0.2) is 4.79 Å². The summed E-state index contributed by atoms with van der Waals surface area (Å²) < 4.78 is 0. The van der Waals surface area contributed by atoms with Gasteiger partial charge in [0.25, 0.3) is 0 Å². The van der Waals surface area contributed by atoms with Gasteiger partial charge in [0.15, 0.2) is 0 Å². The van der Waals surface area contributed by atoms with E-state index in [9.17, 15) is 4.79 Å². The second-order valence-electron chi connectivity index (χ2n) is 2.57. The van der Waals surface area contributed by atoms with Crippen LogP contribution in [0, 0.1) is 0 Å². The molecule has 0 aliphatic heterocycles. The molecule has 0 radical (unpaired) electrons. The maximum absolute atomic E-state index is 11.5. The summed E-state index contributed by atoms with van der Waals surface area (Å²) >= 11 is 3.30. The number of urea groups is 1. The summed E-state index contributed by atoms with van der Waals surface area (Å²) in [5, 5.41) is 0.830. The highest BCUT2D eigenvalue weighted by atomic mass is 79.9. The average molecular weight is 237 g/mol. The molecule has 72 valence electrons. The van der Waals surface area contributed by atoms with Gasteiger partial charge >= 0.3 is 6.03 Å². The second-order valence-corrected chi connectivity index (χ2v) is 3.36. The van der Waals surface area contributed by atoms with Gasteiger partial charge in [-0.2, -0.15) is 0 Å². The minimum Gasteiger partial charge on any atom is -0.327 e. The molecule has 0 unspecified atom stereocenters. The van der Waals surface area contributed by atoms with Crippen LogP contribution in [0.4, 0.5) is 4.79 Å². The third-order valence-corrected chi connectivity index (χ3v) is 2.14. The fourth-order valence-corrected chi connectivity index (χ4v) is 1.49. The van der Waals surface area contributed by atoms with Crippen molar-refractivity contribution in [2.45, 2.75) is 13.8 Å². The van der Waals surface area contributed by atoms with E-state index >= 15 is 0 Å². The maximum Gasteiger partial charge on any atom is 0.319 e. The van der Waals surface area contributed by atoms with Crippen molar-refractivity contribution in [3.8, 4) is 0 Å². The molecule has 0 aromatic carbocycles. The van der Waals surface area contributed by atoms with E-state index in [2.05, 4.69) is 15.9 Å². The Balaban J connectivity index is 3.97. The minimum absolute atomic E-state index is 0.111. The molecule has 0 bridgehead atoms. The van der Waals surface area contributed by atoms with Crippen molar-refractivity contribution in [2.24, 2.45) is 0 Å². The number of halogens is 1. The first-order chi connectivity index (χ1) is 5.67. The number of hydrogen-bond acceptors (Lipinski definition) is 1. The van der Waals surface area contributed by atoms with Gasteiger partial charge < -0.3 is 9.80 Å². The Kier molecular flexibility index (Phi) is 6.16. The third kappa shape index (κ3) is 3.43. The van der Waals surface area contributed by atoms with Crippen molar-refractivity contribution in [3.05, 3.63) is 0 Å². The Morgan fingerprint density at radius 1 is 1.33 bits per heavy atom. The maximum atomic E-state index is 11.5. The van der Waals surface area contributed by atoms with Crippen LogP contribution in [0.2, 0.25) is 0 Å². The lowest BCUT2D eigenvalue weighted by molar-refractivity contribution is 0.170. The minimum atomic E-state index is 0.111. The fraction of sp³-hybridized carbons (Fsp3) is 0.875. The smallest absolute Gasteiger partial charge is 0.319 e. The number of amides is 2. The SMILES string of the molecule is CCN(CC)C(=O)N(C)CCBr. The van der Waals surface area contributed by atoms with E-state index in [1.165, 1.54) is 0 Å². The van der Waals surface area contributed by atoms with Gasteiger partial charge in [0.1, 0.15) is 0 Å². The van der Waals surface area contributed by atoms with Gasteiger partial charge in [0, 0.05) is 32.0 Å². The Bertz CT molecular complexity index is 137. The molecule has 0 saturated carbocycles. The molecule has 0 saturated heterocycles. The number of nitrogens with zero attached hydrogens (tertiary/aromatic N) is 2.